The number of aliphatic hydroxyl groups is 1. The lowest BCUT2D eigenvalue weighted by Crippen LogP contribution is -2.38. The maximum atomic E-state index is 13.2. The van der Waals surface area contributed by atoms with Crippen molar-refractivity contribution in [2.24, 2.45) is 0 Å². The average Bonchev–Trinajstić information content (AvgIpc) is 2.96. The lowest BCUT2D eigenvalue weighted by molar-refractivity contribution is 0.00516. The molecule has 1 N–H and O–H groups in total. The molecule has 0 amide bonds. The van der Waals surface area contributed by atoms with Gasteiger partial charge in [-0.25, -0.2) is 4.98 Å². The Hall–Kier alpha value is -3.99. The van der Waals surface area contributed by atoms with Crippen LogP contribution in [0.4, 0.5) is 0 Å². The first-order valence-corrected chi connectivity index (χ1v) is 13.4. The molecule has 1 heterocycles. The SMILES string of the molecule is COc1ncc(-c2ccccc2)cc1C(c1cccc(C)c1)C(O)(CCN(C)C)c1cccc2ccccc12. The van der Waals surface area contributed by atoms with Crippen molar-refractivity contribution in [1.82, 2.24) is 9.88 Å². The van der Waals surface area contributed by atoms with Gasteiger partial charge in [0, 0.05) is 29.8 Å². The van der Waals surface area contributed by atoms with Crippen molar-refractivity contribution in [3.8, 4) is 17.0 Å². The second kappa shape index (κ2) is 11.4. The molecule has 0 aliphatic heterocycles. The Morgan fingerprint density at radius 1 is 0.846 bits per heavy atom. The highest BCUT2D eigenvalue weighted by molar-refractivity contribution is 5.86. The molecule has 0 radical (unpaired) electrons. The van der Waals surface area contributed by atoms with Crippen LogP contribution in [0, 0.1) is 6.92 Å². The molecule has 5 aromatic rings. The van der Waals surface area contributed by atoms with Crippen LogP contribution in [0.5, 0.6) is 5.88 Å². The number of aryl methyl sites for hydroxylation is 1. The van der Waals surface area contributed by atoms with Crippen LogP contribution in [0.1, 0.15) is 34.6 Å². The van der Waals surface area contributed by atoms with Gasteiger partial charge < -0.3 is 14.7 Å². The first kappa shape index (κ1) is 26.6. The zero-order valence-corrected chi connectivity index (χ0v) is 23.1. The summed E-state index contributed by atoms with van der Waals surface area (Å²) in [7, 11) is 5.74. The van der Waals surface area contributed by atoms with E-state index in [4.69, 9.17) is 9.72 Å². The van der Waals surface area contributed by atoms with Crippen molar-refractivity contribution < 1.29 is 9.84 Å². The Bertz CT molecular complexity index is 1560. The molecule has 0 fully saturated rings. The van der Waals surface area contributed by atoms with Crippen LogP contribution in [0.3, 0.4) is 0 Å². The fourth-order valence-corrected chi connectivity index (χ4v) is 5.63. The standard InChI is InChI=1S/C35H36N2O2/c1-25-12-10-17-28(22-25)33(31-23-29(24-36-34(31)39-4)26-13-6-5-7-14-26)35(38,20-21-37(2)3)32-19-11-16-27-15-8-9-18-30(27)32/h5-19,22-24,33,38H,20-21H2,1-4H3. The van der Waals surface area contributed by atoms with Crippen molar-refractivity contribution in [3.05, 3.63) is 132 Å². The largest absolute Gasteiger partial charge is 0.481 e. The number of pyridine rings is 1. The number of fused-ring (bicyclic) bond motifs is 1. The smallest absolute Gasteiger partial charge is 0.217 e. The third kappa shape index (κ3) is 5.44. The molecule has 0 saturated carbocycles. The first-order chi connectivity index (χ1) is 18.9. The van der Waals surface area contributed by atoms with Crippen LogP contribution < -0.4 is 4.74 Å². The van der Waals surface area contributed by atoms with Gasteiger partial charge in [-0.15, -0.1) is 0 Å². The second-order valence-electron chi connectivity index (χ2n) is 10.5. The van der Waals surface area contributed by atoms with E-state index in [2.05, 4.69) is 78.6 Å². The number of methoxy groups -OCH3 is 1. The van der Waals surface area contributed by atoms with Gasteiger partial charge in [-0.05, 0) is 61.0 Å². The van der Waals surface area contributed by atoms with Crippen LogP contribution in [0.2, 0.25) is 0 Å². The molecule has 198 valence electrons. The fourth-order valence-electron chi connectivity index (χ4n) is 5.63. The van der Waals surface area contributed by atoms with Gasteiger partial charge in [0.1, 0.15) is 5.60 Å². The Morgan fingerprint density at radius 3 is 2.31 bits per heavy atom. The lowest BCUT2D eigenvalue weighted by atomic mass is 9.70. The van der Waals surface area contributed by atoms with Gasteiger partial charge in [0.2, 0.25) is 5.88 Å². The summed E-state index contributed by atoms with van der Waals surface area (Å²) in [5.74, 6) is 0.0824. The second-order valence-corrected chi connectivity index (χ2v) is 10.5. The van der Waals surface area contributed by atoms with Crippen molar-refractivity contribution in [2.75, 3.05) is 27.7 Å². The van der Waals surface area contributed by atoms with Crippen molar-refractivity contribution in [2.45, 2.75) is 24.9 Å². The molecule has 0 saturated heterocycles. The van der Waals surface area contributed by atoms with E-state index < -0.39 is 11.5 Å². The van der Waals surface area contributed by atoms with Crippen molar-refractivity contribution in [1.29, 1.82) is 0 Å². The predicted octanol–water partition coefficient (Wildman–Crippen LogP) is 7.19. The molecule has 4 heteroatoms. The molecule has 5 rings (SSSR count). The number of hydrogen-bond acceptors (Lipinski definition) is 4. The van der Waals surface area contributed by atoms with Crippen molar-refractivity contribution in [3.63, 3.8) is 0 Å². The van der Waals surface area contributed by atoms with Gasteiger partial charge in [0.15, 0.2) is 0 Å². The summed E-state index contributed by atoms with van der Waals surface area (Å²) in [5.41, 5.74) is 4.71. The number of rotatable bonds is 9. The van der Waals surface area contributed by atoms with E-state index in [0.717, 1.165) is 44.2 Å². The van der Waals surface area contributed by atoms with Gasteiger partial charge in [-0.3, -0.25) is 0 Å². The van der Waals surface area contributed by atoms with Crippen LogP contribution in [0.15, 0.2) is 109 Å². The molecular weight excluding hydrogens is 480 g/mol. The van der Waals surface area contributed by atoms with Crippen molar-refractivity contribution >= 4 is 10.8 Å². The molecule has 4 aromatic carbocycles. The highest BCUT2D eigenvalue weighted by Crippen LogP contribution is 2.49. The van der Waals surface area contributed by atoms with Crippen LogP contribution in [0.25, 0.3) is 21.9 Å². The molecule has 0 bridgehead atoms. The van der Waals surface area contributed by atoms with Gasteiger partial charge in [0.25, 0.3) is 0 Å². The maximum Gasteiger partial charge on any atom is 0.217 e. The Morgan fingerprint density at radius 2 is 1.56 bits per heavy atom. The van der Waals surface area contributed by atoms with Crippen LogP contribution >= 0.6 is 0 Å². The Kier molecular flexibility index (Phi) is 7.78. The minimum atomic E-state index is -1.26. The number of nitrogens with zero attached hydrogens (tertiary/aromatic N) is 2. The molecular formula is C35H36N2O2. The molecule has 2 atom stereocenters. The van der Waals surface area contributed by atoms with Gasteiger partial charge in [0.05, 0.1) is 7.11 Å². The highest BCUT2D eigenvalue weighted by Gasteiger charge is 2.43. The van der Waals surface area contributed by atoms with E-state index >= 15 is 0 Å². The monoisotopic (exact) mass is 516 g/mol. The van der Waals surface area contributed by atoms with E-state index in [1.165, 1.54) is 0 Å². The van der Waals surface area contributed by atoms with E-state index in [1.807, 2.05) is 56.7 Å². The summed E-state index contributed by atoms with van der Waals surface area (Å²) in [6.45, 7) is 2.80. The van der Waals surface area contributed by atoms with Crippen LogP contribution in [-0.4, -0.2) is 42.7 Å². The molecule has 0 aliphatic carbocycles. The topological polar surface area (TPSA) is 45.6 Å². The minimum Gasteiger partial charge on any atom is -0.481 e. The molecule has 1 aromatic heterocycles. The summed E-state index contributed by atoms with van der Waals surface area (Å²) in [4.78, 5) is 6.89. The number of aromatic nitrogens is 1. The Labute approximate surface area is 231 Å². The van der Waals surface area contributed by atoms with Gasteiger partial charge in [-0.2, -0.15) is 0 Å². The molecule has 0 spiro atoms. The minimum absolute atomic E-state index is 0.436. The number of ether oxygens (including phenoxy) is 1. The summed E-state index contributed by atoms with van der Waals surface area (Å²) in [6.07, 6.45) is 2.37. The van der Waals surface area contributed by atoms with E-state index in [-0.39, 0.29) is 0 Å². The molecule has 39 heavy (non-hydrogen) atoms. The predicted molar refractivity (Wildman–Crippen MR) is 160 cm³/mol. The fraction of sp³-hybridized carbons (Fsp3) is 0.229. The molecule has 2 unspecified atom stereocenters. The van der Waals surface area contributed by atoms with E-state index in [9.17, 15) is 5.11 Å². The average molecular weight is 517 g/mol. The summed E-state index contributed by atoms with van der Waals surface area (Å²) in [5, 5.41) is 15.3. The highest BCUT2D eigenvalue weighted by atomic mass is 16.5. The van der Waals surface area contributed by atoms with E-state index in [1.54, 1.807) is 7.11 Å². The quantitative estimate of drug-likeness (QED) is 0.225. The normalized spacial score (nSPS) is 13.8. The lowest BCUT2D eigenvalue weighted by Gasteiger charge is -2.39. The summed E-state index contributed by atoms with van der Waals surface area (Å²) in [6, 6.07) is 35.3. The third-order valence-corrected chi connectivity index (χ3v) is 7.54. The van der Waals surface area contributed by atoms with Gasteiger partial charge in [-0.1, -0.05) is 103 Å². The molecule has 0 aliphatic rings. The zero-order valence-electron chi connectivity index (χ0n) is 23.1. The van der Waals surface area contributed by atoms with Crippen LogP contribution in [-0.2, 0) is 5.60 Å². The number of hydrogen-bond donors (Lipinski definition) is 1. The van der Waals surface area contributed by atoms with E-state index in [0.29, 0.717) is 18.8 Å². The summed E-state index contributed by atoms with van der Waals surface area (Å²) >= 11 is 0. The molecule has 4 nitrogen and oxygen atoms in total. The first-order valence-electron chi connectivity index (χ1n) is 13.4. The third-order valence-electron chi connectivity index (χ3n) is 7.54. The zero-order chi connectivity index (χ0) is 27.4. The summed E-state index contributed by atoms with van der Waals surface area (Å²) < 4.78 is 5.88. The van der Waals surface area contributed by atoms with Gasteiger partial charge >= 0.3 is 0 Å². The maximum absolute atomic E-state index is 13.2. The number of benzene rings is 4. The Balaban J connectivity index is 1.83.